The van der Waals surface area contributed by atoms with Gasteiger partial charge in [-0.05, 0) is 36.4 Å². The fourth-order valence-corrected chi connectivity index (χ4v) is 3.92. The lowest BCUT2D eigenvalue weighted by Gasteiger charge is -2.05. The molecule has 27 heavy (non-hydrogen) atoms. The van der Waals surface area contributed by atoms with Crippen LogP contribution >= 0.6 is 11.3 Å². The summed E-state index contributed by atoms with van der Waals surface area (Å²) in [5, 5.41) is 8.02. The molecule has 0 aliphatic rings. The Labute approximate surface area is 158 Å². The van der Waals surface area contributed by atoms with Gasteiger partial charge in [0.05, 0.1) is 16.5 Å². The van der Waals surface area contributed by atoms with Crippen molar-refractivity contribution in [2.24, 2.45) is 0 Å². The van der Waals surface area contributed by atoms with Gasteiger partial charge in [-0.25, -0.2) is 13.4 Å². The van der Waals surface area contributed by atoms with Crippen molar-refractivity contribution >= 4 is 54.8 Å². The molecular formula is C16H15N7O2S2. The van der Waals surface area contributed by atoms with Crippen LogP contribution in [0.5, 0.6) is 0 Å². The standard InChI is InChI=1S/C16H15N7O2S2/c1-27(24,25)22-11-8-6-10(7-9-11)18-15-20-14(17)23(21-15)16-19-12-4-2-3-5-13(12)26-16/h2-9,22H,1H3,(H3,17,18,20,21). The molecule has 4 aromatic rings. The van der Waals surface area contributed by atoms with Crippen molar-refractivity contribution in [1.29, 1.82) is 0 Å². The van der Waals surface area contributed by atoms with Crippen LogP contribution in [0.4, 0.5) is 23.3 Å². The molecule has 0 saturated heterocycles. The lowest BCUT2D eigenvalue weighted by atomic mass is 10.3. The van der Waals surface area contributed by atoms with Crippen molar-refractivity contribution in [2.75, 3.05) is 22.0 Å². The van der Waals surface area contributed by atoms with Gasteiger partial charge in [0.2, 0.25) is 27.1 Å². The van der Waals surface area contributed by atoms with E-state index in [1.54, 1.807) is 24.3 Å². The highest BCUT2D eigenvalue weighted by atomic mass is 32.2. The molecule has 2 aromatic heterocycles. The second kappa shape index (κ2) is 6.52. The monoisotopic (exact) mass is 401 g/mol. The number of hydrogen-bond donors (Lipinski definition) is 3. The van der Waals surface area contributed by atoms with E-state index in [1.165, 1.54) is 16.0 Å². The van der Waals surface area contributed by atoms with E-state index in [9.17, 15) is 8.42 Å². The number of fused-ring (bicyclic) bond motifs is 1. The number of rotatable bonds is 5. The van der Waals surface area contributed by atoms with Crippen LogP contribution in [0.2, 0.25) is 0 Å². The summed E-state index contributed by atoms with van der Waals surface area (Å²) in [6.07, 6.45) is 1.10. The minimum Gasteiger partial charge on any atom is -0.368 e. The maximum atomic E-state index is 11.2. The predicted molar refractivity (Wildman–Crippen MR) is 107 cm³/mol. The van der Waals surface area contributed by atoms with Gasteiger partial charge >= 0.3 is 0 Å². The molecule has 0 saturated carbocycles. The minimum atomic E-state index is -3.31. The largest absolute Gasteiger partial charge is 0.368 e. The van der Waals surface area contributed by atoms with Gasteiger partial charge in [-0.3, -0.25) is 4.72 Å². The van der Waals surface area contributed by atoms with Gasteiger partial charge in [-0.1, -0.05) is 23.5 Å². The van der Waals surface area contributed by atoms with E-state index in [0.717, 1.165) is 16.5 Å². The number of nitrogens with one attached hydrogen (secondary N) is 2. The summed E-state index contributed by atoms with van der Waals surface area (Å²) < 4.78 is 27.4. The number of anilines is 4. The number of para-hydroxylation sites is 1. The number of aromatic nitrogens is 4. The fourth-order valence-electron chi connectivity index (χ4n) is 2.43. The average molecular weight is 401 g/mol. The average Bonchev–Trinajstić information content (AvgIpc) is 3.18. The number of hydrogen-bond acceptors (Lipinski definition) is 8. The second-order valence-electron chi connectivity index (χ2n) is 5.75. The Morgan fingerprint density at radius 3 is 2.44 bits per heavy atom. The molecule has 138 valence electrons. The third kappa shape index (κ3) is 3.83. The molecule has 9 nitrogen and oxygen atoms in total. The summed E-state index contributed by atoms with van der Waals surface area (Å²) in [6, 6.07) is 14.5. The van der Waals surface area contributed by atoms with Gasteiger partial charge in [-0.15, -0.1) is 5.10 Å². The van der Waals surface area contributed by atoms with Gasteiger partial charge in [0.1, 0.15) is 0 Å². The normalized spacial score (nSPS) is 11.6. The molecule has 0 bridgehead atoms. The highest BCUT2D eigenvalue weighted by Gasteiger charge is 2.13. The first kappa shape index (κ1) is 17.2. The second-order valence-corrected chi connectivity index (χ2v) is 8.50. The van der Waals surface area contributed by atoms with Crippen molar-refractivity contribution in [3.63, 3.8) is 0 Å². The van der Waals surface area contributed by atoms with E-state index in [4.69, 9.17) is 5.73 Å². The van der Waals surface area contributed by atoms with E-state index in [2.05, 4.69) is 25.1 Å². The SMILES string of the molecule is CS(=O)(=O)Nc1ccc(Nc2nc(N)n(-c3nc4ccccc4s3)n2)cc1. The van der Waals surface area contributed by atoms with Gasteiger partial charge in [-0.2, -0.15) is 9.67 Å². The number of benzene rings is 2. The first-order valence-corrected chi connectivity index (χ1v) is 10.5. The number of nitrogens with zero attached hydrogens (tertiary/aromatic N) is 4. The van der Waals surface area contributed by atoms with Crippen molar-refractivity contribution < 1.29 is 8.42 Å². The van der Waals surface area contributed by atoms with Crippen LogP contribution in [0.3, 0.4) is 0 Å². The lowest BCUT2D eigenvalue weighted by Crippen LogP contribution is -2.09. The highest BCUT2D eigenvalue weighted by molar-refractivity contribution is 7.92. The quantitative estimate of drug-likeness (QED) is 0.469. The third-order valence-electron chi connectivity index (χ3n) is 3.54. The predicted octanol–water partition coefficient (Wildman–Crippen LogP) is 2.57. The van der Waals surface area contributed by atoms with E-state index in [1.807, 2.05) is 24.3 Å². The summed E-state index contributed by atoms with van der Waals surface area (Å²) in [4.78, 5) is 8.72. The van der Waals surface area contributed by atoms with Crippen molar-refractivity contribution in [2.45, 2.75) is 0 Å². The molecule has 0 aliphatic heterocycles. The molecule has 11 heteroatoms. The maximum absolute atomic E-state index is 11.2. The van der Waals surface area contributed by atoms with Crippen LogP contribution < -0.4 is 15.8 Å². The Morgan fingerprint density at radius 1 is 1.04 bits per heavy atom. The third-order valence-corrected chi connectivity index (χ3v) is 5.16. The molecule has 0 fully saturated rings. The molecule has 0 unspecified atom stereocenters. The van der Waals surface area contributed by atoms with E-state index < -0.39 is 10.0 Å². The number of nitrogens with two attached hydrogens (primary N) is 1. The first-order valence-electron chi connectivity index (χ1n) is 7.81. The zero-order valence-corrected chi connectivity index (χ0v) is 15.8. The smallest absolute Gasteiger partial charge is 0.248 e. The molecule has 4 rings (SSSR count). The highest BCUT2D eigenvalue weighted by Crippen LogP contribution is 2.26. The lowest BCUT2D eigenvalue weighted by molar-refractivity contribution is 0.607. The Hall–Kier alpha value is -3.18. The number of nitrogen functional groups attached to an aromatic ring is 1. The van der Waals surface area contributed by atoms with E-state index in [-0.39, 0.29) is 5.95 Å². The molecule has 0 amide bonds. The number of thiazole rings is 1. The molecule has 2 heterocycles. The van der Waals surface area contributed by atoms with Crippen molar-refractivity contribution in [3.8, 4) is 5.13 Å². The van der Waals surface area contributed by atoms with Crippen LogP contribution in [-0.4, -0.2) is 34.4 Å². The summed E-state index contributed by atoms with van der Waals surface area (Å²) in [5.41, 5.74) is 8.01. The first-order chi connectivity index (χ1) is 12.9. The fraction of sp³-hybridized carbons (Fsp3) is 0.0625. The van der Waals surface area contributed by atoms with Gasteiger partial charge in [0, 0.05) is 11.4 Å². The molecule has 0 aliphatic carbocycles. The molecule has 0 radical (unpaired) electrons. The number of sulfonamides is 1. The van der Waals surface area contributed by atoms with E-state index in [0.29, 0.717) is 22.5 Å². The van der Waals surface area contributed by atoms with Crippen LogP contribution in [0.25, 0.3) is 15.3 Å². The van der Waals surface area contributed by atoms with Crippen LogP contribution in [0.15, 0.2) is 48.5 Å². The Balaban J connectivity index is 1.56. The minimum absolute atomic E-state index is 0.215. The summed E-state index contributed by atoms with van der Waals surface area (Å²) >= 11 is 1.47. The Bertz CT molecular complexity index is 1180. The van der Waals surface area contributed by atoms with Crippen molar-refractivity contribution in [3.05, 3.63) is 48.5 Å². The molecular weight excluding hydrogens is 386 g/mol. The molecule has 0 spiro atoms. The maximum Gasteiger partial charge on any atom is 0.248 e. The van der Waals surface area contributed by atoms with E-state index >= 15 is 0 Å². The zero-order valence-electron chi connectivity index (χ0n) is 14.1. The Morgan fingerprint density at radius 2 is 1.74 bits per heavy atom. The molecule has 4 N–H and O–H groups in total. The van der Waals surface area contributed by atoms with Gasteiger partial charge in [0.15, 0.2) is 0 Å². The Kier molecular flexibility index (Phi) is 4.16. The van der Waals surface area contributed by atoms with Crippen LogP contribution in [0.1, 0.15) is 0 Å². The van der Waals surface area contributed by atoms with Crippen LogP contribution in [0, 0.1) is 0 Å². The molecule has 2 aromatic carbocycles. The topological polar surface area (TPSA) is 128 Å². The summed E-state index contributed by atoms with van der Waals surface area (Å²) in [6.45, 7) is 0. The summed E-state index contributed by atoms with van der Waals surface area (Å²) in [5.74, 6) is 0.530. The van der Waals surface area contributed by atoms with Crippen LogP contribution in [-0.2, 0) is 10.0 Å². The zero-order chi connectivity index (χ0) is 19.0. The van der Waals surface area contributed by atoms with Crippen molar-refractivity contribution in [1.82, 2.24) is 19.7 Å². The molecule has 0 atom stereocenters. The van der Waals surface area contributed by atoms with Gasteiger partial charge in [0.25, 0.3) is 0 Å². The summed E-state index contributed by atoms with van der Waals surface area (Å²) in [7, 11) is -3.31. The van der Waals surface area contributed by atoms with Gasteiger partial charge < -0.3 is 11.1 Å².